The third kappa shape index (κ3) is 2.89. The Kier molecular flexibility index (Phi) is 3.37. The predicted molar refractivity (Wildman–Crippen MR) is 53.1 cm³/mol. The maximum absolute atomic E-state index is 3.92. The molecule has 0 amide bonds. The average molecular weight is 211 g/mol. The molecule has 0 saturated heterocycles. The van der Waals surface area contributed by atoms with Gasteiger partial charge in [-0.25, -0.2) is 0 Å². The van der Waals surface area contributed by atoms with Crippen molar-refractivity contribution in [1.29, 1.82) is 0 Å². The van der Waals surface area contributed by atoms with Gasteiger partial charge in [0, 0.05) is 5.33 Å². The molecule has 0 saturated carbocycles. The molecule has 1 heteroatoms. The number of hydrogen-bond donors (Lipinski definition) is 0. The highest BCUT2D eigenvalue weighted by Gasteiger charge is 1.93. The molecule has 0 aliphatic carbocycles. The van der Waals surface area contributed by atoms with Gasteiger partial charge in [0.2, 0.25) is 0 Å². The minimum atomic E-state index is 0.891. The lowest BCUT2D eigenvalue weighted by Crippen LogP contribution is -1.88. The van der Waals surface area contributed by atoms with Gasteiger partial charge in [-0.05, 0) is 12.0 Å². The van der Waals surface area contributed by atoms with Crippen LogP contribution in [0.15, 0.2) is 42.5 Å². The topological polar surface area (TPSA) is 0 Å². The monoisotopic (exact) mass is 210 g/mol. The van der Waals surface area contributed by atoms with E-state index in [0.717, 1.165) is 11.8 Å². The quantitative estimate of drug-likeness (QED) is 0.532. The first-order chi connectivity index (χ1) is 5.33. The highest BCUT2D eigenvalue weighted by atomic mass is 79.9. The standard InChI is InChI=1S/C10H11Br/c1-9(8-11)7-10-5-3-2-4-6-10/h2-6H,1,7-8H2. The van der Waals surface area contributed by atoms with Crippen molar-refractivity contribution in [2.45, 2.75) is 6.42 Å². The van der Waals surface area contributed by atoms with Crippen molar-refractivity contribution in [3.05, 3.63) is 48.0 Å². The Bertz CT molecular complexity index is 226. The molecule has 58 valence electrons. The van der Waals surface area contributed by atoms with Crippen LogP contribution in [-0.2, 0) is 6.42 Å². The van der Waals surface area contributed by atoms with E-state index in [2.05, 4.69) is 46.8 Å². The number of alkyl halides is 1. The molecule has 0 N–H and O–H groups in total. The van der Waals surface area contributed by atoms with Gasteiger partial charge in [-0.2, -0.15) is 0 Å². The van der Waals surface area contributed by atoms with Crippen LogP contribution in [0.3, 0.4) is 0 Å². The summed E-state index contributed by atoms with van der Waals surface area (Å²) >= 11 is 3.37. The Morgan fingerprint density at radius 3 is 2.45 bits per heavy atom. The Hall–Kier alpha value is -0.560. The van der Waals surface area contributed by atoms with E-state index < -0.39 is 0 Å². The van der Waals surface area contributed by atoms with Crippen LogP contribution >= 0.6 is 15.9 Å². The molecule has 0 radical (unpaired) electrons. The first-order valence-corrected chi connectivity index (χ1v) is 4.71. The fourth-order valence-electron chi connectivity index (χ4n) is 0.932. The molecule has 0 aromatic heterocycles. The molecule has 0 nitrogen and oxygen atoms in total. The molecule has 0 atom stereocenters. The number of allylic oxidation sites excluding steroid dienone is 1. The minimum absolute atomic E-state index is 0.891. The maximum atomic E-state index is 3.92. The second-order valence-corrected chi connectivity index (χ2v) is 3.11. The van der Waals surface area contributed by atoms with E-state index in [1.54, 1.807) is 0 Å². The second kappa shape index (κ2) is 4.35. The molecule has 1 rings (SSSR count). The van der Waals surface area contributed by atoms with Crippen LogP contribution in [0.5, 0.6) is 0 Å². The Morgan fingerprint density at radius 2 is 1.91 bits per heavy atom. The van der Waals surface area contributed by atoms with Gasteiger partial charge >= 0.3 is 0 Å². The predicted octanol–water partition coefficient (Wildman–Crippen LogP) is 3.18. The van der Waals surface area contributed by atoms with Crippen LogP contribution in [0.25, 0.3) is 0 Å². The highest BCUT2D eigenvalue weighted by molar-refractivity contribution is 9.09. The molecule has 0 heterocycles. The number of hydrogen-bond acceptors (Lipinski definition) is 0. The summed E-state index contributed by atoms with van der Waals surface area (Å²) in [5, 5.41) is 0.891. The summed E-state index contributed by atoms with van der Waals surface area (Å²) in [4.78, 5) is 0. The molecule has 11 heavy (non-hydrogen) atoms. The smallest absolute Gasteiger partial charge is 0.0242 e. The third-order valence-corrected chi connectivity index (χ3v) is 2.28. The van der Waals surface area contributed by atoms with Gasteiger partial charge in [-0.3, -0.25) is 0 Å². The van der Waals surface area contributed by atoms with Gasteiger partial charge in [0.25, 0.3) is 0 Å². The molecule has 1 aromatic rings. The SMILES string of the molecule is C=C(CBr)Cc1ccccc1. The van der Waals surface area contributed by atoms with E-state index in [9.17, 15) is 0 Å². The number of benzene rings is 1. The first kappa shape index (κ1) is 8.54. The molecule has 0 unspecified atom stereocenters. The number of halogens is 1. The highest BCUT2D eigenvalue weighted by Crippen LogP contribution is 2.07. The summed E-state index contributed by atoms with van der Waals surface area (Å²) in [7, 11) is 0. The van der Waals surface area contributed by atoms with Crippen molar-refractivity contribution in [3.8, 4) is 0 Å². The lowest BCUT2D eigenvalue weighted by Gasteiger charge is -2.00. The van der Waals surface area contributed by atoms with Gasteiger partial charge in [-0.15, -0.1) is 0 Å². The van der Waals surface area contributed by atoms with Crippen LogP contribution in [0.1, 0.15) is 5.56 Å². The van der Waals surface area contributed by atoms with E-state index in [4.69, 9.17) is 0 Å². The van der Waals surface area contributed by atoms with Gasteiger partial charge < -0.3 is 0 Å². The van der Waals surface area contributed by atoms with Gasteiger partial charge in [0.1, 0.15) is 0 Å². The van der Waals surface area contributed by atoms with Crippen LogP contribution in [-0.4, -0.2) is 5.33 Å². The second-order valence-electron chi connectivity index (χ2n) is 2.55. The van der Waals surface area contributed by atoms with Crippen LogP contribution in [0.2, 0.25) is 0 Å². The van der Waals surface area contributed by atoms with Crippen molar-refractivity contribution in [1.82, 2.24) is 0 Å². The van der Waals surface area contributed by atoms with Crippen LogP contribution < -0.4 is 0 Å². The zero-order valence-corrected chi connectivity index (χ0v) is 7.97. The van der Waals surface area contributed by atoms with Gasteiger partial charge in [-0.1, -0.05) is 58.4 Å². The van der Waals surface area contributed by atoms with Crippen molar-refractivity contribution in [2.75, 3.05) is 5.33 Å². The fraction of sp³-hybridized carbons (Fsp3) is 0.200. The summed E-state index contributed by atoms with van der Waals surface area (Å²) in [6, 6.07) is 10.4. The van der Waals surface area contributed by atoms with Crippen LogP contribution in [0, 0.1) is 0 Å². The molecule has 0 aliphatic rings. The van der Waals surface area contributed by atoms with E-state index in [1.165, 1.54) is 11.1 Å². The van der Waals surface area contributed by atoms with Crippen molar-refractivity contribution >= 4 is 15.9 Å². The van der Waals surface area contributed by atoms with Crippen molar-refractivity contribution in [2.24, 2.45) is 0 Å². The van der Waals surface area contributed by atoms with Gasteiger partial charge in [0.05, 0.1) is 0 Å². The van der Waals surface area contributed by atoms with E-state index in [-0.39, 0.29) is 0 Å². The summed E-state index contributed by atoms with van der Waals surface area (Å²) in [5.74, 6) is 0. The van der Waals surface area contributed by atoms with E-state index >= 15 is 0 Å². The Morgan fingerprint density at radius 1 is 1.27 bits per heavy atom. The summed E-state index contributed by atoms with van der Waals surface area (Å²) in [6.45, 7) is 3.92. The average Bonchev–Trinajstić information content (AvgIpc) is 2.06. The first-order valence-electron chi connectivity index (χ1n) is 3.59. The van der Waals surface area contributed by atoms with E-state index in [0.29, 0.717) is 0 Å². The zero-order valence-electron chi connectivity index (χ0n) is 6.39. The normalized spacial score (nSPS) is 9.55. The lowest BCUT2D eigenvalue weighted by atomic mass is 10.1. The lowest BCUT2D eigenvalue weighted by molar-refractivity contribution is 1.17. The van der Waals surface area contributed by atoms with Crippen LogP contribution in [0.4, 0.5) is 0 Å². The minimum Gasteiger partial charge on any atom is -0.0987 e. The molecular formula is C10H11Br. The Balaban J connectivity index is 2.58. The van der Waals surface area contributed by atoms with E-state index in [1.807, 2.05) is 6.07 Å². The molecule has 0 bridgehead atoms. The Labute approximate surface area is 76.1 Å². The molecule has 0 aliphatic heterocycles. The molecule has 1 aromatic carbocycles. The van der Waals surface area contributed by atoms with Gasteiger partial charge in [0.15, 0.2) is 0 Å². The number of rotatable bonds is 3. The molecule has 0 spiro atoms. The zero-order chi connectivity index (χ0) is 8.10. The summed E-state index contributed by atoms with van der Waals surface area (Å²) in [6.07, 6.45) is 0.978. The fourth-order valence-corrected chi connectivity index (χ4v) is 1.13. The maximum Gasteiger partial charge on any atom is 0.0242 e. The van der Waals surface area contributed by atoms with Crippen molar-refractivity contribution in [3.63, 3.8) is 0 Å². The molecule has 0 fully saturated rings. The summed E-state index contributed by atoms with van der Waals surface area (Å²) in [5.41, 5.74) is 2.55. The molecular weight excluding hydrogens is 200 g/mol. The third-order valence-electron chi connectivity index (χ3n) is 1.49. The van der Waals surface area contributed by atoms with Crippen molar-refractivity contribution < 1.29 is 0 Å². The largest absolute Gasteiger partial charge is 0.0987 e. The summed E-state index contributed by atoms with van der Waals surface area (Å²) < 4.78 is 0.